The van der Waals surface area contributed by atoms with Gasteiger partial charge in [-0.25, -0.2) is 0 Å². The minimum atomic E-state index is -0.667. The Hall–Kier alpha value is -3.03. The molecule has 0 unspecified atom stereocenters. The van der Waals surface area contributed by atoms with E-state index in [4.69, 9.17) is 4.74 Å². The molecule has 8 heteroatoms. The van der Waals surface area contributed by atoms with Gasteiger partial charge in [0.15, 0.2) is 12.4 Å². The first-order valence-electron chi connectivity index (χ1n) is 9.61. The molecule has 1 aliphatic carbocycles. The number of Topliss-reactive ketones (excluding diaryl/α,β-unsaturated/α-hetero) is 2. The van der Waals surface area contributed by atoms with E-state index in [1.54, 1.807) is 13.8 Å². The first-order valence-corrected chi connectivity index (χ1v) is 9.61. The number of hydrogen-bond acceptors (Lipinski definition) is 6. The highest BCUT2D eigenvalue weighted by atomic mass is 16.5. The van der Waals surface area contributed by atoms with Crippen molar-refractivity contribution in [1.29, 1.82) is 0 Å². The van der Waals surface area contributed by atoms with Crippen LogP contribution in [0.3, 0.4) is 0 Å². The summed E-state index contributed by atoms with van der Waals surface area (Å²) >= 11 is 0. The number of allylic oxidation sites excluding steroid dienone is 2. The Balaban J connectivity index is 1.53. The summed E-state index contributed by atoms with van der Waals surface area (Å²) in [5.74, 6) is -2.43. The molecule has 1 saturated heterocycles. The molecule has 1 aromatic rings. The molecule has 1 aliphatic heterocycles. The number of H-pyrrole nitrogens is 1. The standard InChI is InChI=1S/C21H24N2O6/c1-11-18(13(3)24)12(2)22-19(11)16(25)10-29-17(26)8-9-23-20(27)14-6-4-5-7-15(14)21(23)28/h4-5,14-15,22H,6-10H2,1-3H3/t14-,15+. The molecule has 0 spiro atoms. The van der Waals surface area contributed by atoms with Crippen molar-refractivity contribution in [3.05, 3.63) is 34.7 Å². The van der Waals surface area contributed by atoms with E-state index in [1.165, 1.54) is 6.92 Å². The minimum absolute atomic E-state index is 0.0488. The predicted octanol–water partition coefficient (Wildman–Crippen LogP) is 1.90. The van der Waals surface area contributed by atoms with E-state index in [-0.39, 0.29) is 48.1 Å². The molecule has 2 aliphatic rings. The SMILES string of the molecule is CC(=O)c1c(C)[nH]c(C(=O)COC(=O)CCN2C(=O)[C@H]3CC=CC[C@H]3C2=O)c1C. The van der Waals surface area contributed by atoms with Crippen LogP contribution in [0, 0.1) is 25.7 Å². The Bertz CT molecular complexity index is 900. The quantitative estimate of drug-likeness (QED) is 0.324. The van der Waals surface area contributed by atoms with Gasteiger partial charge in [0.1, 0.15) is 0 Å². The number of fused-ring (bicyclic) bond motifs is 1. The van der Waals surface area contributed by atoms with Gasteiger partial charge in [0.05, 0.1) is 24.0 Å². The third-order valence-corrected chi connectivity index (χ3v) is 5.57. The van der Waals surface area contributed by atoms with E-state index >= 15 is 0 Å². The monoisotopic (exact) mass is 400 g/mol. The maximum absolute atomic E-state index is 12.4. The van der Waals surface area contributed by atoms with Gasteiger partial charge in [0.25, 0.3) is 0 Å². The van der Waals surface area contributed by atoms with Gasteiger partial charge in [-0.15, -0.1) is 0 Å². The number of aromatic amines is 1. The summed E-state index contributed by atoms with van der Waals surface area (Å²) in [6.07, 6.45) is 4.72. The lowest BCUT2D eigenvalue weighted by molar-refractivity contribution is -0.145. The van der Waals surface area contributed by atoms with Crippen molar-refractivity contribution in [3.8, 4) is 0 Å². The summed E-state index contributed by atoms with van der Waals surface area (Å²) in [6, 6.07) is 0. The van der Waals surface area contributed by atoms with Crippen molar-refractivity contribution in [3.63, 3.8) is 0 Å². The number of ketones is 2. The molecule has 2 amide bonds. The van der Waals surface area contributed by atoms with E-state index in [9.17, 15) is 24.0 Å². The Kier molecular flexibility index (Phi) is 5.81. The highest BCUT2D eigenvalue weighted by Gasteiger charge is 2.46. The molecule has 1 fully saturated rings. The molecule has 2 heterocycles. The average Bonchev–Trinajstić information content (AvgIpc) is 3.12. The third kappa shape index (κ3) is 3.92. The van der Waals surface area contributed by atoms with E-state index < -0.39 is 18.4 Å². The van der Waals surface area contributed by atoms with Gasteiger partial charge in [-0.1, -0.05) is 12.2 Å². The second-order valence-corrected chi connectivity index (χ2v) is 7.50. The number of carbonyl (C=O) groups is 5. The molecular weight excluding hydrogens is 376 g/mol. The minimum Gasteiger partial charge on any atom is -0.457 e. The Morgan fingerprint density at radius 2 is 1.69 bits per heavy atom. The lowest BCUT2D eigenvalue weighted by Gasteiger charge is -2.14. The van der Waals surface area contributed by atoms with Gasteiger partial charge in [0, 0.05) is 17.8 Å². The lowest BCUT2D eigenvalue weighted by atomic mass is 9.85. The molecule has 2 atom stereocenters. The van der Waals surface area contributed by atoms with Crippen LogP contribution in [0.2, 0.25) is 0 Å². The summed E-state index contributed by atoms with van der Waals surface area (Å²) in [5.41, 5.74) is 1.82. The van der Waals surface area contributed by atoms with Crippen LogP contribution in [0.1, 0.15) is 58.3 Å². The fraction of sp³-hybridized carbons (Fsp3) is 0.476. The molecule has 8 nitrogen and oxygen atoms in total. The van der Waals surface area contributed by atoms with Crippen LogP contribution in [-0.4, -0.2) is 52.4 Å². The van der Waals surface area contributed by atoms with Crippen LogP contribution >= 0.6 is 0 Å². The Labute approximate surface area is 168 Å². The van der Waals surface area contributed by atoms with Gasteiger partial charge >= 0.3 is 5.97 Å². The first-order chi connectivity index (χ1) is 13.7. The molecule has 0 aromatic carbocycles. The van der Waals surface area contributed by atoms with Gasteiger partial charge < -0.3 is 9.72 Å². The van der Waals surface area contributed by atoms with Crippen LogP contribution < -0.4 is 0 Å². The van der Waals surface area contributed by atoms with Crippen molar-refractivity contribution in [2.24, 2.45) is 11.8 Å². The molecule has 0 radical (unpaired) electrons. The van der Waals surface area contributed by atoms with E-state index in [0.29, 0.717) is 29.7 Å². The van der Waals surface area contributed by atoms with Crippen molar-refractivity contribution < 1.29 is 28.7 Å². The molecule has 29 heavy (non-hydrogen) atoms. The second-order valence-electron chi connectivity index (χ2n) is 7.50. The highest BCUT2D eigenvalue weighted by molar-refractivity contribution is 6.06. The van der Waals surface area contributed by atoms with E-state index in [0.717, 1.165) is 4.90 Å². The number of aryl methyl sites for hydroxylation is 1. The van der Waals surface area contributed by atoms with Crippen LogP contribution in [0.15, 0.2) is 12.2 Å². The van der Waals surface area contributed by atoms with Crippen molar-refractivity contribution in [2.45, 2.75) is 40.0 Å². The summed E-state index contributed by atoms with van der Waals surface area (Å²) < 4.78 is 5.02. The van der Waals surface area contributed by atoms with Crippen LogP contribution in [0.4, 0.5) is 0 Å². The summed E-state index contributed by atoms with van der Waals surface area (Å²) in [4.78, 5) is 64.8. The van der Waals surface area contributed by atoms with E-state index in [2.05, 4.69) is 4.98 Å². The zero-order valence-corrected chi connectivity index (χ0v) is 16.7. The number of hydrogen-bond donors (Lipinski definition) is 1. The largest absolute Gasteiger partial charge is 0.457 e. The number of likely N-dealkylation sites (tertiary alicyclic amines) is 1. The number of imide groups is 1. The van der Waals surface area contributed by atoms with E-state index in [1.807, 2.05) is 12.2 Å². The fourth-order valence-corrected chi connectivity index (χ4v) is 4.14. The van der Waals surface area contributed by atoms with Crippen LogP contribution in [0.5, 0.6) is 0 Å². The van der Waals surface area contributed by atoms with Crippen molar-refractivity contribution in [1.82, 2.24) is 9.88 Å². The molecule has 0 saturated carbocycles. The molecule has 3 rings (SSSR count). The average molecular weight is 400 g/mol. The summed E-state index contributed by atoms with van der Waals surface area (Å²) in [6.45, 7) is 4.25. The zero-order valence-electron chi connectivity index (χ0n) is 16.7. The second kappa shape index (κ2) is 8.14. The molecule has 1 N–H and O–H groups in total. The number of ether oxygens (including phenoxy) is 1. The van der Waals surface area contributed by atoms with Gasteiger partial charge in [-0.3, -0.25) is 28.9 Å². The maximum Gasteiger partial charge on any atom is 0.308 e. The number of esters is 1. The smallest absolute Gasteiger partial charge is 0.308 e. The summed E-state index contributed by atoms with van der Waals surface area (Å²) in [7, 11) is 0. The first kappa shape index (κ1) is 20.7. The normalized spacial score (nSPS) is 20.7. The van der Waals surface area contributed by atoms with Crippen LogP contribution in [-0.2, 0) is 19.1 Å². The van der Waals surface area contributed by atoms with Gasteiger partial charge in [-0.05, 0) is 39.2 Å². The topological polar surface area (TPSA) is 114 Å². The van der Waals surface area contributed by atoms with Crippen LogP contribution in [0.25, 0.3) is 0 Å². The molecule has 1 aromatic heterocycles. The van der Waals surface area contributed by atoms with Crippen molar-refractivity contribution in [2.75, 3.05) is 13.2 Å². The van der Waals surface area contributed by atoms with Gasteiger partial charge in [0.2, 0.25) is 17.6 Å². The zero-order chi connectivity index (χ0) is 21.3. The highest BCUT2D eigenvalue weighted by Crippen LogP contribution is 2.35. The number of rotatable bonds is 7. The fourth-order valence-electron chi connectivity index (χ4n) is 4.14. The lowest BCUT2D eigenvalue weighted by Crippen LogP contribution is -2.33. The summed E-state index contributed by atoms with van der Waals surface area (Å²) in [5, 5.41) is 0. The number of amides is 2. The molecule has 154 valence electrons. The third-order valence-electron chi connectivity index (χ3n) is 5.57. The maximum atomic E-state index is 12.4. The Morgan fingerprint density at radius 1 is 1.10 bits per heavy atom. The Morgan fingerprint density at radius 3 is 2.21 bits per heavy atom. The number of nitrogens with one attached hydrogen (secondary N) is 1. The number of nitrogens with zero attached hydrogens (tertiary/aromatic N) is 1. The van der Waals surface area contributed by atoms with Crippen molar-refractivity contribution >= 4 is 29.4 Å². The predicted molar refractivity (Wildman–Crippen MR) is 102 cm³/mol. The molecular formula is C21H24N2O6. The molecule has 0 bridgehead atoms. The number of aromatic nitrogens is 1. The number of carbonyl (C=O) groups excluding carboxylic acids is 5. The van der Waals surface area contributed by atoms with Gasteiger partial charge in [-0.2, -0.15) is 0 Å².